The van der Waals surface area contributed by atoms with Crippen LogP contribution in [0.2, 0.25) is 0 Å². The zero-order valence-electron chi connectivity index (χ0n) is 15.0. The fraction of sp³-hybridized carbons (Fsp3) is 0.941. The summed E-state index contributed by atoms with van der Waals surface area (Å²) in [7, 11) is 0. The van der Waals surface area contributed by atoms with Gasteiger partial charge >= 0.3 is 6.09 Å². The highest BCUT2D eigenvalue weighted by Crippen LogP contribution is 2.30. The first kappa shape index (κ1) is 20.1. The molecule has 6 heteroatoms. The Morgan fingerprint density at radius 2 is 1.70 bits per heavy atom. The fourth-order valence-corrected chi connectivity index (χ4v) is 2.86. The van der Waals surface area contributed by atoms with Crippen molar-refractivity contribution in [1.29, 1.82) is 0 Å². The Bertz CT molecular complexity index is 373. The Kier molecular flexibility index (Phi) is 7.24. The second kappa shape index (κ2) is 8.27. The molecule has 0 radical (unpaired) electrons. The summed E-state index contributed by atoms with van der Waals surface area (Å²) < 4.78 is 32.6. The molecule has 1 rings (SSSR count). The number of alkyl halides is 2. The van der Waals surface area contributed by atoms with E-state index in [-0.39, 0.29) is 6.04 Å². The van der Waals surface area contributed by atoms with Crippen molar-refractivity contribution < 1.29 is 18.3 Å². The van der Waals surface area contributed by atoms with Crippen LogP contribution in [0.1, 0.15) is 60.3 Å². The third-order valence-electron chi connectivity index (χ3n) is 4.25. The number of carbonyl (C=O) groups is 1. The van der Waals surface area contributed by atoms with E-state index < -0.39 is 30.7 Å². The van der Waals surface area contributed by atoms with E-state index in [1.54, 1.807) is 20.8 Å². The molecule has 0 heterocycles. The average Bonchev–Trinajstić information content (AvgIpc) is 2.42. The van der Waals surface area contributed by atoms with Crippen molar-refractivity contribution in [3.05, 3.63) is 0 Å². The van der Waals surface area contributed by atoms with Gasteiger partial charge in [-0.15, -0.1) is 0 Å². The normalized spacial score (nSPS) is 23.0. The number of nitrogens with one attached hydrogen (secondary N) is 2. The molecule has 4 nitrogen and oxygen atoms in total. The predicted molar refractivity (Wildman–Crippen MR) is 87.8 cm³/mol. The number of carbonyl (C=O) groups excluding carboxylic acids is 1. The van der Waals surface area contributed by atoms with E-state index in [9.17, 15) is 13.6 Å². The topological polar surface area (TPSA) is 50.4 Å². The molecule has 0 aromatic rings. The van der Waals surface area contributed by atoms with Gasteiger partial charge in [-0.2, -0.15) is 0 Å². The van der Waals surface area contributed by atoms with Gasteiger partial charge in [0, 0.05) is 6.04 Å². The van der Waals surface area contributed by atoms with Gasteiger partial charge < -0.3 is 15.4 Å². The fourth-order valence-electron chi connectivity index (χ4n) is 2.86. The molecule has 2 N–H and O–H groups in total. The Morgan fingerprint density at radius 1 is 1.13 bits per heavy atom. The largest absolute Gasteiger partial charge is 0.444 e. The number of hydrogen-bond donors (Lipinski definition) is 2. The van der Waals surface area contributed by atoms with Crippen LogP contribution in [0.15, 0.2) is 0 Å². The van der Waals surface area contributed by atoms with Crippen molar-refractivity contribution in [2.45, 2.75) is 77.9 Å². The van der Waals surface area contributed by atoms with Gasteiger partial charge in [0.1, 0.15) is 5.60 Å². The van der Waals surface area contributed by atoms with Crippen LogP contribution in [0.3, 0.4) is 0 Å². The van der Waals surface area contributed by atoms with Crippen molar-refractivity contribution >= 4 is 6.09 Å². The number of halogens is 2. The second-order valence-electron chi connectivity index (χ2n) is 7.95. The summed E-state index contributed by atoms with van der Waals surface area (Å²) in [6.45, 7) is 8.39. The first-order chi connectivity index (χ1) is 10.5. The van der Waals surface area contributed by atoms with Crippen LogP contribution in [0.4, 0.5) is 13.6 Å². The molecule has 23 heavy (non-hydrogen) atoms. The molecule has 1 aliphatic carbocycles. The highest BCUT2D eigenvalue weighted by atomic mass is 19.3. The van der Waals surface area contributed by atoms with Gasteiger partial charge in [0.05, 0.1) is 13.1 Å². The van der Waals surface area contributed by atoms with E-state index in [0.717, 1.165) is 25.7 Å². The van der Waals surface area contributed by atoms with Gasteiger partial charge in [-0.05, 0) is 58.3 Å². The van der Waals surface area contributed by atoms with E-state index in [2.05, 4.69) is 24.5 Å². The molecule has 136 valence electrons. The molecule has 1 fully saturated rings. The quantitative estimate of drug-likeness (QED) is 0.773. The monoisotopic (exact) mass is 334 g/mol. The van der Waals surface area contributed by atoms with Gasteiger partial charge in [0.25, 0.3) is 5.92 Å². The summed E-state index contributed by atoms with van der Waals surface area (Å²) in [5.41, 5.74) is -0.688. The second-order valence-corrected chi connectivity index (χ2v) is 7.95. The van der Waals surface area contributed by atoms with Gasteiger partial charge in [-0.3, -0.25) is 0 Å². The minimum Gasteiger partial charge on any atom is -0.444 e. The maximum atomic E-state index is 13.8. The molecule has 1 amide bonds. The lowest BCUT2D eigenvalue weighted by Gasteiger charge is -2.32. The Hall–Kier alpha value is -0.910. The third kappa shape index (κ3) is 8.49. The SMILES string of the molecule is CC(C)C1CCC(NCC(F)(F)CNC(=O)OC(C)(C)C)CC1. The van der Waals surface area contributed by atoms with Crippen molar-refractivity contribution in [3.8, 4) is 0 Å². The Labute approximate surface area is 138 Å². The van der Waals surface area contributed by atoms with Crippen LogP contribution in [-0.4, -0.2) is 36.7 Å². The van der Waals surface area contributed by atoms with Crippen LogP contribution >= 0.6 is 0 Å². The summed E-state index contributed by atoms with van der Waals surface area (Å²) in [6, 6.07) is 0.150. The molecule has 0 saturated heterocycles. The number of hydrogen-bond acceptors (Lipinski definition) is 3. The van der Waals surface area contributed by atoms with Crippen LogP contribution in [0.5, 0.6) is 0 Å². The van der Waals surface area contributed by atoms with E-state index in [1.807, 2.05) is 0 Å². The molecule has 0 aromatic heterocycles. The first-order valence-electron chi connectivity index (χ1n) is 8.56. The molecule has 0 aromatic carbocycles. The van der Waals surface area contributed by atoms with E-state index >= 15 is 0 Å². The molecule has 1 aliphatic rings. The summed E-state index contributed by atoms with van der Waals surface area (Å²) in [4.78, 5) is 11.4. The average molecular weight is 334 g/mol. The molecule has 0 spiro atoms. The first-order valence-corrected chi connectivity index (χ1v) is 8.56. The van der Waals surface area contributed by atoms with Gasteiger partial charge in [0.15, 0.2) is 0 Å². The molecule has 0 atom stereocenters. The van der Waals surface area contributed by atoms with Crippen molar-refractivity contribution in [2.24, 2.45) is 11.8 Å². The maximum absolute atomic E-state index is 13.8. The van der Waals surface area contributed by atoms with Crippen LogP contribution < -0.4 is 10.6 Å². The highest BCUT2D eigenvalue weighted by molar-refractivity contribution is 5.67. The highest BCUT2D eigenvalue weighted by Gasteiger charge is 2.32. The van der Waals surface area contributed by atoms with Crippen molar-refractivity contribution in [2.75, 3.05) is 13.1 Å². The van der Waals surface area contributed by atoms with Crippen LogP contribution in [-0.2, 0) is 4.74 Å². The standard InChI is InChI=1S/C17H32F2N2O2/c1-12(2)13-6-8-14(9-7-13)20-10-17(18,19)11-21-15(22)23-16(3,4)5/h12-14,20H,6-11H2,1-5H3,(H,21,22). The van der Waals surface area contributed by atoms with Gasteiger partial charge in [-0.25, -0.2) is 13.6 Å². The van der Waals surface area contributed by atoms with E-state index in [4.69, 9.17) is 4.74 Å². The van der Waals surface area contributed by atoms with Crippen molar-refractivity contribution in [3.63, 3.8) is 0 Å². The lowest BCUT2D eigenvalue weighted by atomic mass is 9.80. The summed E-state index contributed by atoms with van der Waals surface area (Å²) >= 11 is 0. The van der Waals surface area contributed by atoms with Crippen molar-refractivity contribution in [1.82, 2.24) is 10.6 Å². The minimum absolute atomic E-state index is 0.150. The molecule has 0 unspecified atom stereocenters. The molecular formula is C17H32F2N2O2. The third-order valence-corrected chi connectivity index (χ3v) is 4.25. The summed E-state index contributed by atoms with van der Waals surface area (Å²) in [5, 5.41) is 5.09. The zero-order chi connectivity index (χ0) is 17.7. The van der Waals surface area contributed by atoms with E-state index in [0.29, 0.717) is 11.8 Å². The Balaban J connectivity index is 2.26. The molecule has 1 saturated carbocycles. The Morgan fingerprint density at radius 3 is 2.17 bits per heavy atom. The summed E-state index contributed by atoms with van der Waals surface area (Å²) in [5.74, 6) is -1.61. The van der Waals surface area contributed by atoms with Crippen LogP contribution in [0, 0.1) is 11.8 Å². The smallest absolute Gasteiger partial charge is 0.407 e. The van der Waals surface area contributed by atoms with Gasteiger partial charge in [0.2, 0.25) is 0 Å². The zero-order valence-corrected chi connectivity index (χ0v) is 15.0. The lowest BCUT2D eigenvalue weighted by Crippen LogP contribution is -2.47. The lowest BCUT2D eigenvalue weighted by molar-refractivity contribution is -0.00696. The van der Waals surface area contributed by atoms with E-state index in [1.165, 1.54) is 0 Å². The number of ether oxygens (including phenoxy) is 1. The predicted octanol–water partition coefficient (Wildman–Crippen LogP) is 3.95. The molecule has 0 bridgehead atoms. The number of alkyl carbamates (subject to hydrolysis) is 1. The summed E-state index contributed by atoms with van der Waals surface area (Å²) in [6.07, 6.45) is 3.26. The number of amides is 1. The molecular weight excluding hydrogens is 302 g/mol. The molecule has 0 aliphatic heterocycles. The van der Waals surface area contributed by atoms with Crippen LogP contribution in [0.25, 0.3) is 0 Å². The number of rotatable bonds is 6. The van der Waals surface area contributed by atoms with Gasteiger partial charge in [-0.1, -0.05) is 13.8 Å². The minimum atomic E-state index is -2.98. The maximum Gasteiger partial charge on any atom is 0.407 e.